The molecule has 0 unspecified atom stereocenters. The van der Waals surface area contributed by atoms with Gasteiger partial charge in [0.2, 0.25) is 5.95 Å². The van der Waals surface area contributed by atoms with Crippen LogP contribution < -0.4 is 10.6 Å². The van der Waals surface area contributed by atoms with Crippen LogP contribution in [0.25, 0.3) is 0 Å². The zero-order valence-electron chi connectivity index (χ0n) is 17.6. The Hall–Kier alpha value is -3.13. The lowest BCUT2D eigenvalue weighted by Crippen LogP contribution is -2.46. The van der Waals surface area contributed by atoms with Crippen LogP contribution in [0.5, 0.6) is 0 Å². The second-order valence-corrected chi connectivity index (χ2v) is 9.12. The number of hydrogen-bond acceptors (Lipinski definition) is 7. The molecule has 33 heavy (non-hydrogen) atoms. The number of nitrogens with zero attached hydrogens (tertiary/aromatic N) is 2. The number of aryl methyl sites for hydroxylation is 1. The van der Waals surface area contributed by atoms with Crippen LogP contribution in [0.2, 0.25) is 0 Å². The van der Waals surface area contributed by atoms with E-state index >= 15 is 0 Å². The standard InChI is InChI=1S/C19H20F4N4O5S/c1-4-10-8-25-17(26-14(10)19(21,22)23)27-16(29)18(2,30)9-33(31,32)11-5-6-12(13(20)7-11)15(28)24-3/h5-8,30H,4,9H2,1-3H3,(H,24,28)(H,25,26,27,29)/t18-/m0/s1. The maximum Gasteiger partial charge on any atom is 0.433 e. The van der Waals surface area contributed by atoms with Crippen molar-refractivity contribution in [2.45, 2.75) is 36.9 Å². The van der Waals surface area contributed by atoms with Gasteiger partial charge in [-0.15, -0.1) is 0 Å². The van der Waals surface area contributed by atoms with Crippen molar-refractivity contribution in [2.75, 3.05) is 18.1 Å². The lowest BCUT2D eigenvalue weighted by molar-refractivity contribution is -0.142. The third kappa shape index (κ3) is 6.01. The van der Waals surface area contributed by atoms with Gasteiger partial charge in [-0.3, -0.25) is 14.9 Å². The molecule has 0 saturated heterocycles. The lowest BCUT2D eigenvalue weighted by atomic mass is 10.1. The molecule has 0 spiro atoms. The number of halogens is 4. The summed E-state index contributed by atoms with van der Waals surface area (Å²) >= 11 is 0. The fourth-order valence-electron chi connectivity index (χ4n) is 2.73. The number of aliphatic hydroxyl groups is 1. The molecule has 2 rings (SSSR count). The Balaban J connectivity index is 2.27. The molecule has 0 saturated carbocycles. The summed E-state index contributed by atoms with van der Waals surface area (Å²) in [7, 11) is -3.22. The Bertz CT molecular complexity index is 1180. The first-order valence-electron chi connectivity index (χ1n) is 9.33. The van der Waals surface area contributed by atoms with Gasteiger partial charge >= 0.3 is 6.18 Å². The van der Waals surface area contributed by atoms with Crippen molar-refractivity contribution in [2.24, 2.45) is 0 Å². The van der Waals surface area contributed by atoms with Crippen molar-refractivity contribution in [3.8, 4) is 0 Å². The molecule has 0 aliphatic carbocycles. The molecule has 1 atom stereocenters. The van der Waals surface area contributed by atoms with E-state index in [2.05, 4.69) is 15.3 Å². The maximum absolute atomic E-state index is 14.1. The Labute approximate surface area is 186 Å². The number of carbonyl (C=O) groups excluding carboxylic acids is 2. The minimum atomic E-state index is -4.83. The molecule has 1 heterocycles. The minimum absolute atomic E-state index is 0.0334. The van der Waals surface area contributed by atoms with Crippen LogP contribution in [-0.2, 0) is 27.2 Å². The summed E-state index contributed by atoms with van der Waals surface area (Å²) in [5.74, 6) is -5.38. The summed E-state index contributed by atoms with van der Waals surface area (Å²) in [4.78, 5) is 30.1. The highest BCUT2D eigenvalue weighted by Crippen LogP contribution is 2.31. The molecule has 1 aromatic carbocycles. The van der Waals surface area contributed by atoms with Crippen molar-refractivity contribution in [3.63, 3.8) is 0 Å². The maximum atomic E-state index is 14.1. The van der Waals surface area contributed by atoms with Crippen molar-refractivity contribution in [1.82, 2.24) is 15.3 Å². The quantitative estimate of drug-likeness (QED) is 0.501. The molecule has 0 radical (unpaired) electrons. The molecule has 1 aromatic heterocycles. The van der Waals surface area contributed by atoms with Gasteiger partial charge < -0.3 is 10.4 Å². The van der Waals surface area contributed by atoms with Crippen molar-refractivity contribution in [3.05, 3.63) is 47.0 Å². The molecule has 0 fully saturated rings. The highest BCUT2D eigenvalue weighted by molar-refractivity contribution is 7.91. The lowest BCUT2D eigenvalue weighted by Gasteiger charge is -2.22. The van der Waals surface area contributed by atoms with Gasteiger partial charge in [-0.05, 0) is 31.5 Å². The van der Waals surface area contributed by atoms with Crippen LogP contribution in [-0.4, -0.2) is 53.7 Å². The Morgan fingerprint density at radius 3 is 2.36 bits per heavy atom. The summed E-state index contributed by atoms with van der Waals surface area (Å²) < 4.78 is 78.7. The summed E-state index contributed by atoms with van der Waals surface area (Å²) in [6.07, 6.45) is -4.01. The molecule has 180 valence electrons. The van der Waals surface area contributed by atoms with Gasteiger partial charge in [0, 0.05) is 18.8 Å². The first-order valence-corrected chi connectivity index (χ1v) is 11.0. The summed E-state index contributed by atoms with van der Waals surface area (Å²) in [5, 5.41) is 14.4. The average molecular weight is 492 g/mol. The number of anilines is 1. The van der Waals surface area contributed by atoms with E-state index in [9.17, 15) is 40.7 Å². The molecule has 0 bridgehead atoms. The normalized spacial score (nSPS) is 13.8. The van der Waals surface area contributed by atoms with Crippen LogP contribution in [0.1, 0.15) is 35.5 Å². The largest absolute Gasteiger partial charge is 0.433 e. The number of amides is 2. The van der Waals surface area contributed by atoms with Crippen LogP contribution in [0, 0.1) is 5.82 Å². The second kappa shape index (κ2) is 9.39. The molecular formula is C19H20F4N4O5S. The van der Waals surface area contributed by atoms with E-state index in [1.165, 1.54) is 14.0 Å². The van der Waals surface area contributed by atoms with Crippen LogP contribution in [0.4, 0.5) is 23.5 Å². The first-order chi connectivity index (χ1) is 15.1. The number of sulfone groups is 1. The molecule has 0 aliphatic heterocycles. The minimum Gasteiger partial charge on any atom is -0.379 e. The summed E-state index contributed by atoms with van der Waals surface area (Å²) in [6.45, 7) is 2.26. The van der Waals surface area contributed by atoms with E-state index in [1.807, 2.05) is 5.32 Å². The highest BCUT2D eigenvalue weighted by Gasteiger charge is 2.39. The molecule has 0 aliphatic rings. The fraction of sp³-hybridized carbons (Fsp3) is 0.368. The first kappa shape index (κ1) is 26.1. The predicted molar refractivity (Wildman–Crippen MR) is 108 cm³/mol. The summed E-state index contributed by atoms with van der Waals surface area (Å²) in [5.41, 5.74) is -4.58. The van der Waals surface area contributed by atoms with E-state index < -0.39 is 67.1 Å². The predicted octanol–water partition coefficient (Wildman–Crippen LogP) is 1.72. The van der Waals surface area contributed by atoms with E-state index in [-0.39, 0.29) is 12.0 Å². The Kier molecular flexibility index (Phi) is 7.43. The van der Waals surface area contributed by atoms with Crippen LogP contribution in [0.3, 0.4) is 0 Å². The monoisotopic (exact) mass is 492 g/mol. The zero-order chi connectivity index (χ0) is 25.2. The number of rotatable bonds is 7. The zero-order valence-corrected chi connectivity index (χ0v) is 18.4. The number of benzene rings is 1. The van der Waals surface area contributed by atoms with Crippen molar-refractivity contribution >= 4 is 27.6 Å². The van der Waals surface area contributed by atoms with Gasteiger partial charge in [-0.2, -0.15) is 13.2 Å². The highest BCUT2D eigenvalue weighted by atomic mass is 32.2. The Morgan fingerprint density at radius 2 is 1.85 bits per heavy atom. The second-order valence-electron chi connectivity index (χ2n) is 7.13. The third-order valence-electron chi connectivity index (χ3n) is 4.47. The number of aromatic nitrogens is 2. The Morgan fingerprint density at radius 1 is 1.21 bits per heavy atom. The fourth-order valence-corrected chi connectivity index (χ4v) is 4.33. The number of hydrogen-bond donors (Lipinski definition) is 3. The topological polar surface area (TPSA) is 138 Å². The molecule has 2 amide bonds. The average Bonchev–Trinajstić information content (AvgIpc) is 2.71. The van der Waals surface area contributed by atoms with Crippen LogP contribution >= 0.6 is 0 Å². The van der Waals surface area contributed by atoms with Crippen molar-refractivity contribution < 1.29 is 40.7 Å². The van der Waals surface area contributed by atoms with E-state index in [0.29, 0.717) is 6.07 Å². The molecule has 3 N–H and O–H groups in total. The molecule has 2 aromatic rings. The van der Waals surface area contributed by atoms with E-state index in [0.717, 1.165) is 25.3 Å². The van der Waals surface area contributed by atoms with Gasteiger partial charge in [0.15, 0.2) is 21.1 Å². The SMILES string of the molecule is CCc1cnc(NC(=O)[C@@](C)(O)CS(=O)(=O)c2ccc(C(=O)NC)c(F)c2)nc1C(F)(F)F. The third-order valence-corrected chi connectivity index (χ3v) is 6.39. The number of alkyl halides is 3. The molecule has 9 nitrogen and oxygen atoms in total. The molecule has 14 heteroatoms. The van der Waals surface area contributed by atoms with E-state index in [1.54, 1.807) is 0 Å². The molecular weight excluding hydrogens is 472 g/mol. The van der Waals surface area contributed by atoms with Gasteiger partial charge in [-0.1, -0.05) is 6.92 Å². The van der Waals surface area contributed by atoms with Gasteiger partial charge in [0.25, 0.3) is 11.8 Å². The smallest absolute Gasteiger partial charge is 0.379 e. The van der Waals surface area contributed by atoms with Gasteiger partial charge in [0.05, 0.1) is 16.2 Å². The van der Waals surface area contributed by atoms with Crippen LogP contribution in [0.15, 0.2) is 29.3 Å². The van der Waals surface area contributed by atoms with Gasteiger partial charge in [-0.25, -0.2) is 22.8 Å². The van der Waals surface area contributed by atoms with Crippen molar-refractivity contribution in [1.29, 1.82) is 0 Å². The summed E-state index contributed by atoms with van der Waals surface area (Å²) in [6, 6.07) is 2.38. The van der Waals surface area contributed by atoms with E-state index in [4.69, 9.17) is 0 Å². The number of nitrogens with one attached hydrogen (secondary N) is 2. The number of carbonyl (C=O) groups is 2. The van der Waals surface area contributed by atoms with Gasteiger partial charge in [0.1, 0.15) is 5.82 Å².